The lowest BCUT2D eigenvalue weighted by Gasteiger charge is -2.12. The lowest BCUT2D eigenvalue weighted by atomic mass is 9.94. The molecule has 0 amide bonds. The first kappa shape index (κ1) is 25.6. The minimum atomic E-state index is -0.930. The van der Waals surface area contributed by atoms with Crippen LogP contribution in [0.25, 0.3) is 22.5 Å². The van der Waals surface area contributed by atoms with Gasteiger partial charge in [0, 0.05) is 18.0 Å². The molecule has 1 N–H and O–H groups in total. The first-order valence-corrected chi connectivity index (χ1v) is 12.8. The SMILES string of the molecule is CCCCCCCCc1cnc(-c2ccc(C(=O)O)c(-c3ccc(C[C@@H](C)CC)cc3)c2)nc1. The fourth-order valence-corrected chi connectivity index (χ4v) is 4.22. The largest absolute Gasteiger partial charge is 0.478 e. The summed E-state index contributed by atoms with van der Waals surface area (Å²) in [5, 5.41) is 9.75. The van der Waals surface area contributed by atoms with Gasteiger partial charge in [-0.05, 0) is 59.6 Å². The van der Waals surface area contributed by atoms with Crippen molar-refractivity contribution in [3.63, 3.8) is 0 Å². The summed E-state index contributed by atoms with van der Waals surface area (Å²) in [5.41, 5.74) is 5.13. The zero-order valence-electron chi connectivity index (χ0n) is 20.9. The van der Waals surface area contributed by atoms with Crippen LogP contribution in [0.2, 0.25) is 0 Å². The zero-order chi connectivity index (χ0) is 24.3. The first-order valence-electron chi connectivity index (χ1n) is 12.8. The Kier molecular flexibility index (Phi) is 9.81. The van der Waals surface area contributed by atoms with Gasteiger partial charge >= 0.3 is 5.97 Å². The summed E-state index contributed by atoms with van der Waals surface area (Å²) in [6.45, 7) is 6.69. The van der Waals surface area contributed by atoms with Gasteiger partial charge in [-0.2, -0.15) is 0 Å². The molecule has 4 nitrogen and oxygen atoms in total. The molecular weight excluding hydrogens is 420 g/mol. The fraction of sp³-hybridized carbons (Fsp3) is 0.433. The Hall–Kier alpha value is -3.01. The van der Waals surface area contributed by atoms with E-state index < -0.39 is 5.97 Å². The molecule has 0 radical (unpaired) electrons. The van der Waals surface area contributed by atoms with Crippen LogP contribution in [0.4, 0.5) is 0 Å². The molecule has 0 spiro atoms. The van der Waals surface area contributed by atoms with Crippen LogP contribution in [0, 0.1) is 5.92 Å². The minimum Gasteiger partial charge on any atom is -0.478 e. The molecule has 3 rings (SSSR count). The van der Waals surface area contributed by atoms with Crippen LogP contribution >= 0.6 is 0 Å². The quantitative estimate of drug-likeness (QED) is 0.264. The Bertz CT molecular complexity index is 1040. The molecule has 180 valence electrons. The molecule has 0 fully saturated rings. The number of rotatable bonds is 13. The van der Waals surface area contributed by atoms with Crippen molar-refractivity contribution in [1.29, 1.82) is 0 Å². The number of aromatic carboxylic acids is 1. The van der Waals surface area contributed by atoms with Crippen molar-refractivity contribution in [3.8, 4) is 22.5 Å². The van der Waals surface area contributed by atoms with Crippen LogP contribution in [0.3, 0.4) is 0 Å². The van der Waals surface area contributed by atoms with E-state index in [4.69, 9.17) is 0 Å². The molecule has 1 atom stereocenters. The Labute approximate surface area is 204 Å². The molecule has 0 aliphatic heterocycles. The monoisotopic (exact) mass is 458 g/mol. The normalized spacial score (nSPS) is 12.0. The lowest BCUT2D eigenvalue weighted by Crippen LogP contribution is -2.01. The highest BCUT2D eigenvalue weighted by atomic mass is 16.4. The number of aryl methyl sites for hydroxylation is 1. The van der Waals surface area contributed by atoms with Gasteiger partial charge in [0.15, 0.2) is 5.82 Å². The number of carbonyl (C=O) groups is 1. The minimum absolute atomic E-state index is 0.290. The molecular formula is C30H38N2O2. The molecule has 0 bridgehead atoms. The fourth-order valence-electron chi connectivity index (χ4n) is 4.22. The van der Waals surface area contributed by atoms with Crippen LogP contribution < -0.4 is 0 Å². The van der Waals surface area contributed by atoms with Crippen molar-refractivity contribution in [2.75, 3.05) is 0 Å². The summed E-state index contributed by atoms with van der Waals surface area (Å²) >= 11 is 0. The highest BCUT2D eigenvalue weighted by Gasteiger charge is 2.14. The standard InChI is InChI=1S/C30H38N2O2/c1-4-6-7-8-9-10-11-24-20-31-29(32-21-24)26-16-17-27(30(33)34)28(19-26)25-14-12-23(13-15-25)18-22(3)5-2/h12-17,19-22H,4-11,18H2,1-3H3,(H,33,34)/t22-/m0/s1. The van der Waals surface area contributed by atoms with Crippen LogP contribution in [0.5, 0.6) is 0 Å². The molecule has 4 heteroatoms. The van der Waals surface area contributed by atoms with Crippen LogP contribution in [0.1, 0.15) is 87.2 Å². The summed E-state index contributed by atoms with van der Waals surface area (Å²) in [5.74, 6) is 0.323. The highest BCUT2D eigenvalue weighted by molar-refractivity contribution is 5.97. The van der Waals surface area contributed by atoms with Crippen molar-refractivity contribution in [1.82, 2.24) is 9.97 Å². The van der Waals surface area contributed by atoms with Crippen LogP contribution in [0.15, 0.2) is 54.9 Å². The van der Waals surface area contributed by atoms with Crippen molar-refractivity contribution in [2.24, 2.45) is 5.92 Å². The summed E-state index contributed by atoms with van der Waals surface area (Å²) in [6, 6.07) is 13.6. The maximum atomic E-state index is 11.9. The molecule has 0 saturated heterocycles. The molecule has 0 saturated carbocycles. The molecule has 0 aliphatic carbocycles. The number of benzene rings is 2. The van der Waals surface area contributed by atoms with Crippen molar-refractivity contribution in [2.45, 2.75) is 78.6 Å². The summed E-state index contributed by atoms with van der Waals surface area (Å²) < 4.78 is 0. The molecule has 0 aliphatic rings. The van der Waals surface area contributed by atoms with E-state index in [0.717, 1.165) is 42.4 Å². The smallest absolute Gasteiger partial charge is 0.336 e. The van der Waals surface area contributed by atoms with E-state index >= 15 is 0 Å². The van der Waals surface area contributed by atoms with Crippen molar-refractivity contribution in [3.05, 3.63) is 71.5 Å². The Morgan fingerprint density at radius 3 is 2.15 bits per heavy atom. The van der Waals surface area contributed by atoms with E-state index in [1.807, 2.05) is 30.6 Å². The Morgan fingerprint density at radius 2 is 1.50 bits per heavy atom. The third kappa shape index (κ3) is 7.24. The van der Waals surface area contributed by atoms with E-state index in [1.165, 1.54) is 37.7 Å². The van der Waals surface area contributed by atoms with E-state index in [1.54, 1.807) is 12.1 Å². The average molecular weight is 459 g/mol. The third-order valence-electron chi connectivity index (χ3n) is 6.58. The van der Waals surface area contributed by atoms with Gasteiger partial charge in [-0.25, -0.2) is 14.8 Å². The zero-order valence-corrected chi connectivity index (χ0v) is 20.9. The maximum absolute atomic E-state index is 11.9. The van der Waals surface area contributed by atoms with Gasteiger partial charge < -0.3 is 5.11 Å². The molecule has 34 heavy (non-hydrogen) atoms. The number of unbranched alkanes of at least 4 members (excludes halogenated alkanes) is 5. The second kappa shape index (κ2) is 13.0. The first-order chi connectivity index (χ1) is 16.5. The molecule has 3 aromatic rings. The van der Waals surface area contributed by atoms with E-state index in [-0.39, 0.29) is 5.56 Å². The third-order valence-corrected chi connectivity index (χ3v) is 6.58. The van der Waals surface area contributed by atoms with Gasteiger partial charge in [0.2, 0.25) is 0 Å². The predicted molar refractivity (Wildman–Crippen MR) is 140 cm³/mol. The van der Waals surface area contributed by atoms with Gasteiger partial charge in [-0.1, -0.05) is 89.6 Å². The van der Waals surface area contributed by atoms with Crippen LogP contribution in [-0.2, 0) is 12.8 Å². The topological polar surface area (TPSA) is 63.1 Å². The van der Waals surface area contributed by atoms with Crippen LogP contribution in [-0.4, -0.2) is 21.0 Å². The highest BCUT2D eigenvalue weighted by Crippen LogP contribution is 2.29. The molecule has 0 unspecified atom stereocenters. The summed E-state index contributed by atoms with van der Waals surface area (Å²) in [7, 11) is 0. The number of carboxylic acid groups (broad SMARTS) is 1. The summed E-state index contributed by atoms with van der Waals surface area (Å²) in [6.07, 6.45) is 14.6. The molecule has 2 aromatic carbocycles. The van der Waals surface area contributed by atoms with Gasteiger partial charge in [0.05, 0.1) is 5.56 Å². The van der Waals surface area contributed by atoms with E-state index in [9.17, 15) is 9.90 Å². The number of aromatic nitrogens is 2. The summed E-state index contributed by atoms with van der Waals surface area (Å²) in [4.78, 5) is 21.1. The van der Waals surface area contributed by atoms with Gasteiger partial charge in [0.25, 0.3) is 0 Å². The average Bonchev–Trinajstić information content (AvgIpc) is 2.86. The van der Waals surface area contributed by atoms with E-state index in [2.05, 4.69) is 42.9 Å². The number of hydrogen-bond donors (Lipinski definition) is 1. The Balaban J connectivity index is 1.75. The van der Waals surface area contributed by atoms with Crippen molar-refractivity contribution >= 4 is 5.97 Å². The Morgan fingerprint density at radius 1 is 0.853 bits per heavy atom. The van der Waals surface area contributed by atoms with Crippen molar-refractivity contribution < 1.29 is 9.90 Å². The van der Waals surface area contributed by atoms with Gasteiger partial charge in [-0.15, -0.1) is 0 Å². The van der Waals surface area contributed by atoms with Gasteiger partial charge in [-0.3, -0.25) is 0 Å². The second-order valence-corrected chi connectivity index (χ2v) is 9.41. The molecule has 1 aromatic heterocycles. The number of hydrogen-bond acceptors (Lipinski definition) is 3. The molecule has 1 heterocycles. The maximum Gasteiger partial charge on any atom is 0.336 e. The number of nitrogens with zero attached hydrogens (tertiary/aromatic N) is 2. The second-order valence-electron chi connectivity index (χ2n) is 9.41. The number of carboxylic acids is 1. The lowest BCUT2D eigenvalue weighted by molar-refractivity contribution is 0.0697. The van der Waals surface area contributed by atoms with Gasteiger partial charge in [0.1, 0.15) is 0 Å². The predicted octanol–water partition coefficient (Wildman–Crippen LogP) is 8.00. The van der Waals surface area contributed by atoms with E-state index in [0.29, 0.717) is 17.3 Å².